The summed E-state index contributed by atoms with van der Waals surface area (Å²) in [6.07, 6.45) is 1.82. The highest BCUT2D eigenvalue weighted by Crippen LogP contribution is 2.41. The maximum absolute atomic E-state index is 12.6. The quantitative estimate of drug-likeness (QED) is 0.207. The van der Waals surface area contributed by atoms with Crippen molar-refractivity contribution in [3.63, 3.8) is 0 Å². The summed E-state index contributed by atoms with van der Waals surface area (Å²) < 4.78 is 12.9. The molecule has 1 aliphatic heterocycles. The Morgan fingerprint density at radius 1 is 1.11 bits per heavy atom. The van der Waals surface area contributed by atoms with Crippen molar-refractivity contribution in [3.05, 3.63) is 108 Å². The Morgan fingerprint density at radius 2 is 1.80 bits per heavy atom. The molecule has 0 bridgehead atoms. The Kier molecular flexibility index (Phi) is 8.69. The molecule has 0 aliphatic carbocycles. The maximum atomic E-state index is 12.6. The number of aliphatic hydroxyl groups excluding tert-OH is 1. The van der Waals surface area contributed by atoms with Gasteiger partial charge in [-0.2, -0.15) is 0 Å². The molecule has 0 fully saturated rings. The first-order chi connectivity index (χ1) is 17.0. The third-order valence-corrected chi connectivity index (χ3v) is 7.31. The number of hydrogen-bond donors (Lipinski definition) is 1. The molecule has 0 saturated heterocycles. The van der Waals surface area contributed by atoms with E-state index in [1.165, 1.54) is 11.8 Å². The van der Waals surface area contributed by atoms with Crippen molar-refractivity contribution >= 4 is 73.1 Å². The van der Waals surface area contributed by atoms with Gasteiger partial charge < -0.3 is 14.6 Å². The number of aliphatic imine (C=N–C) groups is 1. The Balaban J connectivity index is 1.64. The maximum Gasteiger partial charge on any atom is 0.344 e. The number of esters is 1. The topological polar surface area (TPSA) is 68.1 Å². The summed E-state index contributed by atoms with van der Waals surface area (Å²) in [5, 5.41) is 11.3. The van der Waals surface area contributed by atoms with Crippen LogP contribution in [0.15, 0.2) is 98.5 Å². The third kappa shape index (κ3) is 6.36. The summed E-state index contributed by atoms with van der Waals surface area (Å²) in [5.41, 5.74) is 2.67. The van der Waals surface area contributed by atoms with Crippen LogP contribution in [0.1, 0.15) is 18.1 Å². The molecular formula is C27H21BrINO4S. The van der Waals surface area contributed by atoms with Gasteiger partial charge in [0.2, 0.25) is 0 Å². The number of benzene rings is 3. The molecule has 0 spiro atoms. The summed E-state index contributed by atoms with van der Waals surface area (Å²) in [7, 11) is 0. The number of carbonyl (C=O) groups is 1. The molecule has 1 heterocycles. The molecule has 35 heavy (non-hydrogen) atoms. The Bertz CT molecular complexity index is 1300. The number of nitrogens with zero attached hydrogens (tertiary/aromatic N) is 1. The fourth-order valence-corrected chi connectivity index (χ4v) is 6.10. The second-order valence-electron chi connectivity index (χ2n) is 7.40. The number of para-hydroxylation sites is 1. The SMILES string of the molecule is CCOC(=O)C1=C(O)/C(=C/c2cc(Br)c(OCc3ccccc3)c(I)c2)SC1=Nc1ccccc1. The normalized spacial score (nSPS) is 15.6. The molecule has 5 nitrogen and oxygen atoms in total. The molecule has 4 rings (SSSR count). The number of aliphatic hydroxyl groups is 1. The van der Waals surface area contributed by atoms with Crippen LogP contribution in [-0.4, -0.2) is 22.7 Å². The number of rotatable bonds is 7. The zero-order valence-corrected chi connectivity index (χ0v) is 23.3. The molecule has 0 aromatic heterocycles. The van der Waals surface area contributed by atoms with E-state index in [9.17, 15) is 9.90 Å². The number of thioether (sulfide) groups is 1. The Labute approximate surface area is 230 Å². The van der Waals surface area contributed by atoms with Gasteiger partial charge in [-0.05, 0) is 86.9 Å². The van der Waals surface area contributed by atoms with E-state index in [-0.39, 0.29) is 17.9 Å². The van der Waals surface area contributed by atoms with Gasteiger partial charge in [0.15, 0.2) is 0 Å². The van der Waals surface area contributed by atoms with Gasteiger partial charge in [-0.1, -0.05) is 60.3 Å². The van der Waals surface area contributed by atoms with Gasteiger partial charge in [0.1, 0.15) is 28.7 Å². The van der Waals surface area contributed by atoms with E-state index >= 15 is 0 Å². The van der Waals surface area contributed by atoms with E-state index < -0.39 is 5.97 Å². The molecule has 0 saturated carbocycles. The zero-order valence-electron chi connectivity index (χ0n) is 18.7. The van der Waals surface area contributed by atoms with Crippen molar-refractivity contribution in [2.24, 2.45) is 4.99 Å². The van der Waals surface area contributed by atoms with Crippen molar-refractivity contribution in [3.8, 4) is 5.75 Å². The minimum absolute atomic E-state index is 0.0727. The minimum Gasteiger partial charge on any atom is -0.506 e. The number of hydrogen-bond acceptors (Lipinski definition) is 6. The predicted octanol–water partition coefficient (Wildman–Crippen LogP) is 7.83. The van der Waals surface area contributed by atoms with Crippen molar-refractivity contribution < 1.29 is 19.4 Å². The van der Waals surface area contributed by atoms with E-state index in [4.69, 9.17) is 9.47 Å². The molecule has 0 radical (unpaired) electrons. The van der Waals surface area contributed by atoms with Crippen molar-refractivity contribution in [1.29, 1.82) is 0 Å². The Morgan fingerprint density at radius 3 is 2.46 bits per heavy atom. The summed E-state index contributed by atoms with van der Waals surface area (Å²) in [6.45, 7) is 2.38. The highest BCUT2D eigenvalue weighted by molar-refractivity contribution is 14.1. The summed E-state index contributed by atoms with van der Waals surface area (Å²) in [6, 6.07) is 23.1. The largest absolute Gasteiger partial charge is 0.506 e. The fourth-order valence-electron chi connectivity index (χ4n) is 3.29. The van der Waals surface area contributed by atoms with E-state index in [0.29, 0.717) is 22.2 Å². The molecule has 3 aromatic rings. The van der Waals surface area contributed by atoms with Crippen LogP contribution < -0.4 is 4.74 Å². The monoisotopic (exact) mass is 661 g/mol. The molecule has 1 N–H and O–H groups in total. The molecule has 0 atom stereocenters. The molecule has 0 unspecified atom stereocenters. The van der Waals surface area contributed by atoms with Gasteiger partial charge in [0.05, 0.1) is 25.2 Å². The van der Waals surface area contributed by atoms with Crippen molar-refractivity contribution in [2.75, 3.05) is 6.61 Å². The van der Waals surface area contributed by atoms with Crippen LogP contribution >= 0.6 is 50.3 Å². The van der Waals surface area contributed by atoms with E-state index in [2.05, 4.69) is 43.5 Å². The lowest BCUT2D eigenvalue weighted by Gasteiger charge is -2.12. The van der Waals surface area contributed by atoms with Crippen molar-refractivity contribution in [1.82, 2.24) is 0 Å². The second kappa shape index (κ2) is 11.9. The highest BCUT2D eigenvalue weighted by Gasteiger charge is 2.33. The third-order valence-electron chi connectivity index (χ3n) is 4.90. The summed E-state index contributed by atoms with van der Waals surface area (Å²) >= 11 is 7.07. The van der Waals surface area contributed by atoms with Crippen LogP contribution in [0.5, 0.6) is 5.75 Å². The molecule has 3 aromatic carbocycles. The highest BCUT2D eigenvalue weighted by atomic mass is 127. The van der Waals surface area contributed by atoms with Gasteiger partial charge in [-0.15, -0.1) is 0 Å². The fraction of sp³-hybridized carbons (Fsp3) is 0.111. The van der Waals surface area contributed by atoms with Gasteiger partial charge >= 0.3 is 5.97 Å². The first-order valence-corrected chi connectivity index (χ1v) is 13.4. The predicted molar refractivity (Wildman–Crippen MR) is 153 cm³/mol. The number of carbonyl (C=O) groups excluding carboxylic acids is 1. The van der Waals surface area contributed by atoms with Gasteiger partial charge in [-0.3, -0.25) is 0 Å². The lowest BCUT2D eigenvalue weighted by molar-refractivity contribution is -0.138. The van der Waals surface area contributed by atoms with Crippen LogP contribution in [0, 0.1) is 3.57 Å². The summed E-state index contributed by atoms with van der Waals surface area (Å²) in [5.74, 6) is 0.00338. The standard InChI is InChI=1S/C27H21BrINO4S/c1-2-33-27(32)23-24(31)22(35-26(23)30-19-11-7-4-8-12-19)15-18-13-20(28)25(21(29)14-18)34-16-17-9-5-3-6-10-17/h3-15,31H,2,16H2,1H3/b22-15-,30-26?. The number of halogens is 2. The smallest absolute Gasteiger partial charge is 0.344 e. The van der Waals surface area contributed by atoms with Crippen LogP contribution in [0.3, 0.4) is 0 Å². The number of ether oxygens (including phenoxy) is 2. The molecule has 8 heteroatoms. The molecule has 178 valence electrons. The zero-order chi connectivity index (χ0) is 24.8. The molecular weight excluding hydrogens is 641 g/mol. The van der Waals surface area contributed by atoms with Gasteiger partial charge in [-0.25, -0.2) is 9.79 Å². The Hall–Kier alpha value is -2.56. The first-order valence-electron chi connectivity index (χ1n) is 10.8. The second-order valence-corrected chi connectivity index (χ2v) is 10.4. The van der Waals surface area contributed by atoms with E-state index in [1.54, 1.807) is 6.92 Å². The molecule has 0 amide bonds. The summed E-state index contributed by atoms with van der Waals surface area (Å²) in [4.78, 5) is 17.7. The van der Waals surface area contributed by atoms with E-state index in [0.717, 1.165) is 24.9 Å². The van der Waals surface area contributed by atoms with Gasteiger partial charge in [0.25, 0.3) is 0 Å². The van der Waals surface area contributed by atoms with Crippen molar-refractivity contribution in [2.45, 2.75) is 13.5 Å². The lowest BCUT2D eigenvalue weighted by atomic mass is 10.1. The lowest BCUT2D eigenvalue weighted by Crippen LogP contribution is -2.12. The first kappa shape index (κ1) is 25.5. The molecule has 1 aliphatic rings. The average molecular weight is 662 g/mol. The van der Waals surface area contributed by atoms with Crippen LogP contribution in [0.4, 0.5) is 5.69 Å². The van der Waals surface area contributed by atoms with E-state index in [1.807, 2.05) is 78.9 Å². The minimum atomic E-state index is -0.601. The van der Waals surface area contributed by atoms with Gasteiger partial charge in [0, 0.05) is 0 Å². The van der Waals surface area contributed by atoms with Crippen LogP contribution in [0.2, 0.25) is 0 Å². The van der Waals surface area contributed by atoms with Crippen LogP contribution in [-0.2, 0) is 16.1 Å². The average Bonchev–Trinajstić information content (AvgIpc) is 3.14. The van der Waals surface area contributed by atoms with Crippen LogP contribution in [0.25, 0.3) is 6.08 Å².